The molecular formula is C20H16N4O2S. The highest BCUT2D eigenvalue weighted by Gasteiger charge is 2.05. The Labute approximate surface area is 160 Å². The quantitative estimate of drug-likeness (QED) is 0.635. The van der Waals surface area contributed by atoms with Crippen LogP contribution in [0.15, 0.2) is 70.7 Å². The van der Waals surface area contributed by atoms with Gasteiger partial charge in [-0.25, -0.2) is 9.97 Å². The SMILES string of the molecule is N#CCC(=O)Nc1ccc(Sc2ccnc(Cc3cccc(O)c3)n2)cc1. The van der Waals surface area contributed by atoms with E-state index in [4.69, 9.17) is 5.26 Å². The van der Waals surface area contributed by atoms with Crippen molar-refractivity contribution < 1.29 is 9.90 Å². The number of carbonyl (C=O) groups is 1. The third-order valence-electron chi connectivity index (χ3n) is 3.55. The lowest BCUT2D eigenvalue weighted by atomic mass is 10.1. The number of phenolic OH excluding ortho intramolecular Hbond substituents is 1. The number of rotatable bonds is 6. The van der Waals surface area contributed by atoms with Crippen molar-refractivity contribution in [1.29, 1.82) is 5.26 Å². The van der Waals surface area contributed by atoms with E-state index in [-0.39, 0.29) is 18.1 Å². The Kier molecular flexibility index (Phi) is 6.02. The summed E-state index contributed by atoms with van der Waals surface area (Å²) in [5.74, 6) is 0.566. The van der Waals surface area contributed by atoms with E-state index in [0.29, 0.717) is 17.9 Å². The van der Waals surface area contributed by atoms with Crippen LogP contribution in [0.4, 0.5) is 5.69 Å². The van der Waals surface area contributed by atoms with Gasteiger partial charge in [0.25, 0.3) is 0 Å². The molecule has 1 aromatic heterocycles. The average molecular weight is 376 g/mol. The van der Waals surface area contributed by atoms with Crippen LogP contribution in [0.5, 0.6) is 5.75 Å². The van der Waals surface area contributed by atoms with Crippen molar-refractivity contribution in [3.63, 3.8) is 0 Å². The number of nitrogens with one attached hydrogen (secondary N) is 1. The highest BCUT2D eigenvalue weighted by molar-refractivity contribution is 7.99. The van der Waals surface area contributed by atoms with E-state index >= 15 is 0 Å². The molecule has 3 rings (SSSR count). The maximum Gasteiger partial charge on any atom is 0.238 e. The zero-order valence-corrected chi connectivity index (χ0v) is 15.1. The number of aromatic hydroxyl groups is 1. The minimum Gasteiger partial charge on any atom is -0.508 e. The molecule has 2 aromatic carbocycles. The minimum absolute atomic E-state index is 0.167. The topological polar surface area (TPSA) is 98.9 Å². The number of nitrogens with zero attached hydrogens (tertiary/aromatic N) is 3. The molecule has 6 nitrogen and oxygen atoms in total. The molecular weight excluding hydrogens is 360 g/mol. The van der Waals surface area contributed by atoms with E-state index in [1.165, 1.54) is 11.8 Å². The molecule has 2 N–H and O–H groups in total. The predicted molar refractivity (Wildman–Crippen MR) is 102 cm³/mol. The lowest BCUT2D eigenvalue weighted by molar-refractivity contribution is -0.115. The third kappa shape index (κ3) is 5.56. The first-order chi connectivity index (χ1) is 13.1. The maximum atomic E-state index is 11.4. The summed E-state index contributed by atoms with van der Waals surface area (Å²) < 4.78 is 0. The van der Waals surface area contributed by atoms with Crippen LogP contribution in [-0.4, -0.2) is 21.0 Å². The Morgan fingerprint density at radius 1 is 1.19 bits per heavy atom. The fourth-order valence-corrected chi connectivity index (χ4v) is 3.17. The highest BCUT2D eigenvalue weighted by atomic mass is 32.2. The molecule has 0 fully saturated rings. The number of anilines is 1. The molecule has 0 radical (unpaired) electrons. The molecule has 0 saturated carbocycles. The standard InChI is InChI=1S/C20H16N4O2S/c21-10-8-19(26)23-15-4-6-17(7-5-15)27-20-9-11-22-18(24-20)13-14-2-1-3-16(25)12-14/h1-7,9,11-12,25H,8,13H2,(H,23,26). The molecule has 0 aliphatic rings. The van der Waals surface area contributed by atoms with Gasteiger partial charge in [0.2, 0.25) is 5.91 Å². The predicted octanol–water partition coefficient (Wildman–Crippen LogP) is 3.78. The Hall–Kier alpha value is -3.37. The van der Waals surface area contributed by atoms with Crippen molar-refractivity contribution in [3.8, 4) is 11.8 Å². The van der Waals surface area contributed by atoms with E-state index < -0.39 is 0 Å². The lowest BCUT2D eigenvalue weighted by Crippen LogP contribution is -2.09. The minimum atomic E-state index is -0.328. The molecule has 0 aliphatic carbocycles. The number of phenols is 1. The van der Waals surface area contributed by atoms with Crippen LogP contribution < -0.4 is 5.32 Å². The van der Waals surface area contributed by atoms with Gasteiger partial charge in [-0.15, -0.1) is 0 Å². The van der Waals surface area contributed by atoms with Crippen LogP contribution in [-0.2, 0) is 11.2 Å². The number of hydrogen-bond acceptors (Lipinski definition) is 6. The molecule has 0 unspecified atom stereocenters. The van der Waals surface area contributed by atoms with Gasteiger partial charge in [-0.05, 0) is 48.0 Å². The molecule has 7 heteroatoms. The molecule has 134 valence electrons. The van der Waals surface area contributed by atoms with Crippen LogP contribution in [0.25, 0.3) is 0 Å². The molecule has 0 spiro atoms. The van der Waals surface area contributed by atoms with Crippen LogP contribution in [0, 0.1) is 11.3 Å². The maximum absolute atomic E-state index is 11.4. The van der Waals surface area contributed by atoms with Crippen LogP contribution >= 0.6 is 11.8 Å². The van der Waals surface area contributed by atoms with Gasteiger partial charge in [-0.1, -0.05) is 23.9 Å². The number of hydrogen-bond donors (Lipinski definition) is 2. The molecule has 0 bridgehead atoms. The van der Waals surface area contributed by atoms with E-state index in [1.54, 1.807) is 36.5 Å². The molecule has 0 atom stereocenters. The fraction of sp³-hybridized carbons (Fsp3) is 0.100. The van der Waals surface area contributed by atoms with E-state index in [2.05, 4.69) is 15.3 Å². The first-order valence-corrected chi connectivity index (χ1v) is 8.98. The largest absolute Gasteiger partial charge is 0.508 e. The second kappa shape index (κ2) is 8.83. The van der Waals surface area contributed by atoms with Gasteiger partial charge in [0.05, 0.1) is 6.07 Å². The Balaban J connectivity index is 1.65. The number of aromatic nitrogens is 2. The zero-order valence-electron chi connectivity index (χ0n) is 14.3. The van der Waals surface area contributed by atoms with E-state index in [1.807, 2.05) is 30.3 Å². The second-order valence-electron chi connectivity index (χ2n) is 5.67. The first kappa shape index (κ1) is 18.4. The average Bonchev–Trinajstić information content (AvgIpc) is 2.64. The van der Waals surface area contributed by atoms with Crippen molar-refractivity contribution in [2.75, 3.05) is 5.32 Å². The molecule has 1 heterocycles. The summed E-state index contributed by atoms with van der Waals surface area (Å²) in [5.41, 5.74) is 1.58. The normalized spacial score (nSPS) is 10.2. The number of carbonyl (C=O) groups excluding carboxylic acids is 1. The summed E-state index contributed by atoms with van der Waals surface area (Å²) in [7, 11) is 0. The number of amides is 1. The lowest BCUT2D eigenvalue weighted by Gasteiger charge is -2.06. The Morgan fingerprint density at radius 3 is 2.74 bits per heavy atom. The van der Waals surface area contributed by atoms with Crippen molar-refractivity contribution in [2.45, 2.75) is 22.8 Å². The van der Waals surface area contributed by atoms with Crippen LogP contribution in [0.2, 0.25) is 0 Å². The Morgan fingerprint density at radius 2 is 2.00 bits per heavy atom. The van der Waals surface area contributed by atoms with Gasteiger partial charge in [0.1, 0.15) is 23.0 Å². The highest BCUT2D eigenvalue weighted by Crippen LogP contribution is 2.27. The van der Waals surface area contributed by atoms with Crippen LogP contribution in [0.1, 0.15) is 17.8 Å². The van der Waals surface area contributed by atoms with Gasteiger partial charge >= 0.3 is 0 Å². The number of benzene rings is 2. The van der Waals surface area contributed by atoms with Gasteiger partial charge in [-0.3, -0.25) is 4.79 Å². The summed E-state index contributed by atoms with van der Waals surface area (Å²) in [4.78, 5) is 21.2. The smallest absolute Gasteiger partial charge is 0.238 e. The monoisotopic (exact) mass is 376 g/mol. The fourth-order valence-electron chi connectivity index (χ4n) is 2.38. The van der Waals surface area contributed by atoms with Gasteiger partial charge in [-0.2, -0.15) is 5.26 Å². The summed E-state index contributed by atoms with van der Waals surface area (Å²) in [6, 6.07) is 18.0. The van der Waals surface area contributed by atoms with Gasteiger partial charge in [0.15, 0.2) is 0 Å². The first-order valence-electron chi connectivity index (χ1n) is 8.17. The summed E-state index contributed by atoms with van der Waals surface area (Å²) in [5, 5.41) is 21.5. The number of nitriles is 1. The van der Waals surface area contributed by atoms with Crippen molar-refractivity contribution in [1.82, 2.24) is 9.97 Å². The van der Waals surface area contributed by atoms with Crippen molar-refractivity contribution in [2.24, 2.45) is 0 Å². The molecule has 27 heavy (non-hydrogen) atoms. The summed E-state index contributed by atoms with van der Waals surface area (Å²) in [6.45, 7) is 0. The molecule has 1 amide bonds. The molecule has 3 aromatic rings. The zero-order chi connectivity index (χ0) is 19.1. The van der Waals surface area contributed by atoms with Crippen molar-refractivity contribution >= 4 is 23.4 Å². The molecule has 0 saturated heterocycles. The third-order valence-corrected chi connectivity index (χ3v) is 4.50. The summed E-state index contributed by atoms with van der Waals surface area (Å²) >= 11 is 1.49. The van der Waals surface area contributed by atoms with E-state index in [9.17, 15) is 9.90 Å². The Bertz CT molecular complexity index is 984. The molecule has 0 aliphatic heterocycles. The van der Waals surface area contributed by atoms with Crippen molar-refractivity contribution in [3.05, 3.63) is 72.2 Å². The van der Waals surface area contributed by atoms with Crippen LogP contribution in [0.3, 0.4) is 0 Å². The van der Waals surface area contributed by atoms with Gasteiger partial charge in [0, 0.05) is 23.2 Å². The second-order valence-corrected chi connectivity index (χ2v) is 6.76. The van der Waals surface area contributed by atoms with Gasteiger partial charge < -0.3 is 10.4 Å². The van der Waals surface area contributed by atoms with E-state index in [0.717, 1.165) is 15.5 Å². The summed E-state index contributed by atoms with van der Waals surface area (Å²) in [6.07, 6.45) is 2.08.